The molecule has 8 nitrogen and oxygen atoms in total. The van der Waals surface area contributed by atoms with E-state index >= 15 is 0 Å². The quantitative estimate of drug-likeness (QED) is 0.684. The van der Waals surface area contributed by atoms with Gasteiger partial charge >= 0.3 is 0 Å². The molecule has 2 aliphatic rings. The minimum absolute atomic E-state index is 0.139. The first kappa shape index (κ1) is 20.3. The van der Waals surface area contributed by atoms with Crippen molar-refractivity contribution in [2.45, 2.75) is 38.3 Å². The first-order valence-electron chi connectivity index (χ1n) is 10.0. The predicted octanol–water partition coefficient (Wildman–Crippen LogP) is 2.29. The number of methoxy groups -OCH3 is 1. The third kappa shape index (κ3) is 4.15. The molecule has 2 aromatic rings. The fraction of sp³-hybridized carbons (Fsp3) is 0.600. The van der Waals surface area contributed by atoms with Crippen LogP contribution in [0.4, 0.5) is 0 Å². The Morgan fingerprint density at radius 2 is 2.00 bits per heavy atom. The topological polar surface area (TPSA) is 82.4 Å². The van der Waals surface area contributed by atoms with Crippen LogP contribution in [0.1, 0.15) is 36.7 Å². The second-order valence-corrected chi connectivity index (χ2v) is 8.18. The van der Waals surface area contributed by atoms with Gasteiger partial charge in [0.15, 0.2) is 5.82 Å². The van der Waals surface area contributed by atoms with Crippen LogP contribution in [0.5, 0.6) is 0 Å². The first-order valence-corrected chi connectivity index (χ1v) is 10.4. The zero-order valence-electron chi connectivity index (χ0n) is 16.6. The number of benzene rings is 1. The lowest BCUT2D eigenvalue weighted by atomic mass is 9.77. The molecule has 0 aliphatic carbocycles. The van der Waals surface area contributed by atoms with Gasteiger partial charge in [-0.25, -0.2) is 4.68 Å². The highest BCUT2D eigenvalue weighted by Gasteiger charge is 2.53. The van der Waals surface area contributed by atoms with Crippen LogP contribution in [0.15, 0.2) is 24.3 Å². The van der Waals surface area contributed by atoms with E-state index < -0.39 is 0 Å². The van der Waals surface area contributed by atoms with E-state index in [4.69, 9.17) is 21.1 Å². The number of hydrogen-bond donors (Lipinski definition) is 0. The Labute approximate surface area is 175 Å². The molecule has 0 saturated carbocycles. The molecule has 1 aromatic heterocycles. The van der Waals surface area contributed by atoms with Crippen molar-refractivity contribution in [3.05, 3.63) is 40.7 Å². The van der Waals surface area contributed by atoms with Crippen LogP contribution in [-0.2, 0) is 27.2 Å². The number of amides is 1. The maximum absolute atomic E-state index is 13.5. The van der Waals surface area contributed by atoms with Gasteiger partial charge in [0.1, 0.15) is 0 Å². The number of ether oxygens (including phenoxy) is 2. The molecule has 156 valence electrons. The summed E-state index contributed by atoms with van der Waals surface area (Å²) in [4.78, 5) is 15.5. The standard InChI is InChI=1S/C20H26ClN5O3/c1-28-13-10-26-18(22-23-24-26)17-14-20(7-11-29-12-8-20)19(27)25(17)9-6-15-2-4-16(21)5-3-15/h2-5,17H,6-14H2,1H3. The number of likely N-dealkylation sites (tertiary alicyclic amines) is 1. The Balaban J connectivity index is 1.58. The van der Waals surface area contributed by atoms with Crippen molar-refractivity contribution in [2.75, 3.05) is 33.5 Å². The van der Waals surface area contributed by atoms with Gasteiger partial charge in [0.25, 0.3) is 0 Å². The molecule has 2 aliphatic heterocycles. The van der Waals surface area contributed by atoms with Gasteiger partial charge in [-0.15, -0.1) is 5.10 Å². The van der Waals surface area contributed by atoms with Crippen molar-refractivity contribution < 1.29 is 14.3 Å². The van der Waals surface area contributed by atoms with Crippen molar-refractivity contribution in [1.82, 2.24) is 25.1 Å². The largest absolute Gasteiger partial charge is 0.383 e. The summed E-state index contributed by atoms with van der Waals surface area (Å²) in [6, 6.07) is 7.63. The van der Waals surface area contributed by atoms with Gasteiger partial charge in [-0.05, 0) is 53.8 Å². The lowest BCUT2D eigenvalue weighted by molar-refractivity contribution is -0.141. The molecule has 0 radical (unpaired) electrons. The fourth-order valence-electron chi connectivity index (χ4n) is 4.37. The van der Waals surface area contributed by atoms with Gasteiger partial charge in [0.05, 0.1) is 24.6 Å². The Morgan fingerprint density at radius 3 is 2.72 bits per heavy atom. The van der Waals surface area contributed by atoms with Crippen LogP contribution >= 0.6 is 11.6 Å². The highest BCUT2D eigenvalue weighted by molar-refractivity contribution is 6.30. The SMILES string of the molecule is COCCn1nnnc1C1CC2(CCOCC2)C(=O)N1CCc1ccc(Cl)cc1. The van der Waals surface area contributed by atoms with E-state index in [1.54, 1.807) is 11.8 Å². The summed E-state index contributed by atoms with van der Waals surface area (Å²) in [6.07, 6.45) is 2.98. The average Bonchev–Trinajstić information content (AvgIpc) is 3.30. The number of aromatic nitrogens is 4. The third-order valence-corrected chi connectivity index (χ3v) is 6.30. The van der Waals surface area contributed by atoms with Crippen molar-refractivity contribution in [3.8, 4) is 0 Å². The molecular formula is C20H26ClN5O3. The molecular weight excluding hydrogens is 394 g/mol. The average molecular weight is 420 g/mol. The number of hydrogen-bond acceptors (Lipinski definition) is 6. The summed E-state index contributed by atoms with van der Waals surface area (Å²) in [5, 5.41) is 13.0. The normalized spacial score (nSPS) is 21.2. The van der Waals surface area contributed by atoms with Gasteiger partial charge < -0.3 is 14.4 Å². The summed E-state index contributed by atoms with van der Waals surface area (Å²) < 4.78 is 12.5. The second kappa shape index (κ2) is 8.77. The molecule has 4 rings (SSSR count). The Morgan fingerprint density at radius 1 is 1.24 bits per heavy atom. The molecule has 1 aromatic carbocycles. The van der Waals surface area contributed by atoms with E-state index in [0.29, 0.717) is 37.9 Å². The molecule has 1 amide bonds. The summed E-state index contributed by atoms with van der Waals surface area (Å²) in [5.74, 6) is 0.927. The minimum Gasteiger partial charge on any atom is -0.383 e. The van der Waals surface area contributed by atoms with Crippen LogP contribution in [0.3, 0.4) is 0 Å². The lowest BCUT2D eigenvalue weighted by Crippen LogP contribution is -2.39. The maximum atomic E-state index is 13.5. The molecule has 3 heterocycles. The van der Waals surface area contributed by atoms with E-state index in [1.807, 2.05) is 29.2 Å². The minimum atomic E-state index is -0.374. The number of nitrogens with zero attached hydrogens (tertiary/aromatic N) is 5. The molecule has 2 saturated heterocycles. The van der Waals surface area contributed by atoms with Crippen molar-refractivity contribution in [3.63, 3.8) is 0 Å². The fourth-order valence-corrected chi connectivity index (χ4v) is 4.50. The van der Waals surface area contributed by atoms with Crippen molar-refractivity contribution in [1.29, 1.82) is 0 Å². The molecule has 0 bridgehead atoms. The van der Waals surface area contributed by atoms with E-state index in [0.717, 1.165) is 37.1 Å². The molecule has 2 fully saturated rings. The number of tetrazole rings is 1. The highest BCUT2D eigenvalue weighted by Crippen LogP contribution is 2.49. The van der Waals surface area contributed by atoms with Gasteiger partial charge in [-0.2, -0.15) is 0 Å². The number of carbonyl (C=O) groups is 1. The van der Waals surface area contributed by atoms with Crippen LogP contribution in [0.2, 0.25) is 5.02 Å². The van der Waals surface area contributed by atoms with Gasteiger partial charge in [0, 0.05) is 31.9 Å². The van der Waals surface area contributed by atoms with Crippen LogP contribution < -0.4 is 0 Å². The summed E-state index contributed by atoms with van der Waals surface area (Å²) in [5.41, 5.74) is 0.772. The molecule has 9 heteroatoms. The van der Waals surface area contributed by atoms with Crippen molar-refractivity contribution >= 4 is 17.5 Å². The predicted molar refractivity (Wildman–Crippen MR) is 106 cm³/mol. The summed E-state index contributed by atoms with van der Waals surface area (Å²) in [7, 11) is 1.65. The molecule has 1 spiro atoms. The first-order chi connectivity index (χ1) is 14.1. The summed E-state index contributed by atoms with van der Waals surface area (Å²) >= 11 is 6.00. The highest BCUT2D eigenvalue weighted by atomic mass is 35.5. The van der Waals surface area contributed by atoms with Crippen LogP contribution in [-0.4, -0.2) is 64.5 Å². The van der Waals surface area contributed by atoms with E-state index in [-0.39, 0.29) is 17.4 Å². The zero-order chi connectivity index (χ0) is 20.3. The lowest BCUT2D eigenvalue weighted by Gasteiger charge is -2.31. The maximum Gasteiger partial charge on any atom is 0.229 e. The van der Waals surface area contributed by atoms with Crippen molar-refractivity contribution in [2.24, 2.45) is 5.41 Å². The Kier molecular flexibility index (Phi) is 6.12. The Hall–Kier alpha value is -2.03. The third-order valence-electron chi connectivity index (χ3n) is 6.04. The molecule has 1 unspecified atom stereocenters. The number of rotatable bonds is 7. The molecule has 0 N–H and O–H groups in total. The van der Waals surface area contributed by atoms with Gasteiger partial charge in [-0.3, -0.25) is 4.79 Å². The monoisotopic (exact) mass is 419 g/mol. The molecule has 29 heavy (non-hydrogen) atoms. The number of halogens is 1. The van der Waals surface area contributed by atoms with Crippen LogP contribution in [0.25, 0.3) is 0 Å². The van der Waals surface area contributed by atoms with Crippen LogP contribution in [0, 0.1) is 5.41 Å². The van der Waals surface area contributed by atoms with Gasteiger partial charge in [0.2, 0.25) is 5.91 Å². The second-order valence-electron chi connectivity index (χ2n) is 7.74. The molecule has 1 atom stereocenters. The van der Waals surface area contributed by atoms with E-state index in [2.05, 4.69) is 15.5 Å². The Bertz CT molecular complexity index is 835. The zero-order valence-corrected chi connectivity index (χ0v) is 17.3. The van der Waals surface area contributed by atoms with E-state index in [1.165, 1.54) is 0 Å². The van der Waals surface area contributed by atoms with Gasteiger partial charge in [-0.1, -0.05) is 23.7 Å². The van der Waals surface area contributed by atoms with E-state index in [9.17, 15) is 4.79 Å². The number of carbonyl (C=O) groups excluding carboxylic acids is 1. The summed E-state index contributed by atoms with van der Waals surface area (Å²) in [6.45, 7) is 2.94. The smallest absolute Gasteiger partial charge is 0.229 e.